The summed E-state index contributed by atoms with van der Waals surface area (Å²) in [6.07, 6.45) is 2.54. The fraction of sp³-hybridized carbons (Fsp3) is 0.308. The highest BCUT2D eigenvalue weighted by Crippen LogP contribution is 2.32. The zero-order valence-electron chi connectivity index (χ0n) is 10.0. The number of hydrogen-bond donors (Lipinski definition) is 1. The van der Waals surface area contributed by atoms with Crippen molar-refractivity contribution in [2.45, 2.75) is 19.9 Å². The maximum atomic E-state index is 6.19. The minimum absolute atomic E-state index is 0.659. The summed E-state index contributed by atoms with van der Waals surface area (Å²) in [5.41, 5.74) is 1.74. The lowest BCUT2D eigenvalue weighted by molar-refractivity contribution is 0.569. The van der Waals surface area contributed by atoms with Crippen LogP contribution in [0.5, 0.6) is 0 Å². The molecule has 0 atom stereocenters. The van der Waals surface area contributed by atoms with Gasteiger partial charge < -0.3 is 9.73 Å². The molecule has 0 saturated heterocycles. The Bertz CT molecular complexity index is 527. The summed E-state index contributed by atoms with van der Waals surface area (Å²) in [5.74, 6) is 0.727. The summed E-state index contributed by atoms with van der Waals surface area (Å²) in [7, 11) is 0. The number of hydrogen-bond acceptors (Lipinski definition) is 3. The summed E-state index contributed by atoms with van der Waals surface area (Å²) in [4.78, 5) is 4.23. The molecule has 0 amide bonds. The summed E-state index contributed by atoms with van der Waals surface area (Å²) < 4.78 is 6.42. The van der Waals surface area contributed by atoms with Crippen LogP contribution in [0.1, 0.15) is 19.0 Å². The van der Waals surface area contributed by atoms with Crippen LogP contribution in [0.15, 0.2) is 33.5 Å². The first kappa shape index (κ1) is 13.6. The molecule has 0 aliphatic rings. The molecule has 0 spiro atoms. The molecule has 1 heterocycles. The van der Waals surface area contributed by atoms with Gasteiger partial charge in [0.1, 0.15) is 5.69 Å². The molecular formula is C13H14BrClN2O. The van der Waals surface area contributed by atoms with Crippen LogP contribution in [0, 0.1) is 0 Å². The molecule has 0 saturated carbocycles. The van der Waals surface area contributed by atoms with Gasteiger partial charge in [0.25, 0.3) is 0 Å². The molecule has 96 valence electrons. The first-order valence-electron chi connectivity index (χ1n) is 5.81. The highest BCUT2D eigenvalue weighted by Gasteiger charge is 2.13. The Balaban J connectivity index is 2.27. The Morgan fingerprint density at radius 1 is 1.44 bits per heavy atom. The summed E-state index contributed by atoms with van der Waals surface area (Å²) in [6.45, 7) is 3.77. The van der Waals surface area contributed by atoms with E-state index in [4.69, 9.17) is 16.0 Å². The Hall–Kier alpha value is -0.840. The van der Waals surface area contributed by atoms with Crippen LogP contribution in [0.2, 0.25) is 5.02 Å². The summed E-state index contributed by atoms with van der Waals surface area (Å²) >= 11 is 9.63. The van der Waals surface area contributed by atoms with Gasteiger partial charge in [-0.15, -0.1) is 0 Å². The second-order valence-corrected chi connectivity index (χ2v) is 5.25. The first-order valence-corrected chi connectivity index (χ1v) is 6.98. The van der Waals surface area contributed by atoms with Crippen LogP contribution < -0.4 is 5.32 Å². The van der Waals surface area contributed by atoms with Gasteiger partial charge in [-0.1, -0.05) is 34.5 Å². The van der Waals surface area contributed by atoms with Crippen LogP contribution in [-0.2, 0) is 6.54 Å². The highest BCUT2D eigenvalue weighted by molar-refractivity contribution is 9.10. The fourth-order valence-corrected chi connectivity index (χ4v) is 2.23. The van der Waals surface area contributed by atoms with Crippen LogP contribution in [0.25, 0.3) is 11.3 Å². The Kier molecular flexibility index (Phi) is 4.80. The van der Waals surface area contributed by atoms with Gasteiger partial charge in [-0.05, 0) is 31.2 Å². The summed E-state index contributed by atoms with van der Waals surface area (Å²) in [6, 6.07) is 5.68. The van der Waals surface area contributed by atoms with E-state index in [1.807, 2.05) is 18.2 Å². The van der Waals surface area contributed by atoms with Crippen LogP contribution >= 0.6 is 27.5 Å². The molecule has 0 unspecified atom stereocenters. The zero-order valence-corrected chi connectivity index (χ0v) is 12.4. The lowest BCUT2D eigenvalue weighted by Gasteiger charge is -2.05. The van der Waals surface area contributed by atoms with E-state index in [2.05, 4.69) is 33.2 Å². The topological polar surface area (TPSA) is 38.1 Å². The van der Waals surface area contributed by atoms with Crippen molar-refractivity contribution >= 4 is 27.5 Å². The molecule has 2 rings (SSSR count). The highest BCUT2D eigenvalue weighted by atomic mass is 79.9. The van der Waals surface area contributed by atoms with Gasteiger partial charge in [0.15, 0.2) is 12.2 Å². The number of oxazole rings is 1. The number of nitrogens with one attached hydrogen (secondary N) is 1. The average Bonchev–Trinajstić information content (AvgIpc) is 2.81. The molecule has 5 heteroatoms. The molecule has 0 bridgehead atoms. The van der Waals surface area contributed by atoms with Gasteiger partial charge in [0.05, 0.1) is 5.02 Å². The predicted octanol–water partition coefficient (Wildman–Crippen LogP) is 4.26. The number of halogens is 2. The smallest absolute Gasteiger partial charge is 0.181 e. The second kappa shape index (κ2) is 6.36. The number of aromatic nitrogens is 1. The van der Waals surface area contributed by atoms with Crippen molar-refractivity contribution in [1.29, 1.82) is 0 Å². The molecule has 0 aliphatic carbocycles. The molecule has 1 N–H and O–H groups in total. The van der Waals surface area contributed by atoms with Gasteiger partial charge >= 0.3 is 0 Å². The van der Waals surface area contributed by atoms with E-state index >= 15 is 0 Å². The average molecular weight is 330 g/mol. The quantitative estimate of drug-likeness (QED) is 0.833. The fourth-order valence-electron chi connectivity index (χ4n) is 1.67. The Morgan fingerprint density at radius 2 is 2.28 bits per heavy atom. The van der Waals surface area contributed by atoms with Crippen molar-refractivity contribution in [2.75, 3.05) is 6.54 Å². The largest absolute Gasteiger partial charge is 0.443 e. The molecule has 2 aromatic rings. The minimum Gasteiger partial charge on any atom is -0.443 e. The van der Waals surface area contributed by atoms with E-state index in [-0.39, 0.29) is 0 Å². The molecule has 3 nitrogen and oxygen atoms in total. The van der Waals surface area contributed by atoms with Crippen molar-refractivity contribution in [3.8, 4) is 11.3 Å². The van der Waals surface area contributed by atoms with Crippen LogP contribution in [0.3, 0.4) is 0 Å². The van der Waals surface area contributed by atoms with Gasteiger partial charge in [-0.2, -0.15) is 0 Å². The molecule has 0 fully saturated rings. The van der Waals surface area contributed by atoms with Crippen LogP contribution in [0.4, 0.5) is 0 Å². The van der Waals surface area contributed by atoms with Crippen molar-refractivity contribution in [3.63, 3.8) is 0 Å². The molecular weight excluding hydrogens is 316 g/mol. The number of nitrogens with zero attached hydrogens (tertiary/aromatic N) is 1. The molecule has 0 radical (unpaired) electrons. The van der Waals surface area contributed by atoms with E-state index in [1.54, 1.807) is 0 Å². The van der Waals surface area contributed by atoms with E-state index < -0.39 is 0 Å². The van der Waals surface area contributed by atoms with E-state index in [1.165, 1.54) is 6.39 Å². The van der Waals surface area contributed by atoms with Gasteiger partial charge in [-0.3, -0.25) is 0 Å². The third-order valence-electron chi connectivity index (χ3n) is 2.53. The molecule has 1 aromatic carbocycles. The van der Waals surface area contributed by atoms with Crippen molar-refractivity contribution in [3.05, 3.63) is 39.8 Å². The van der Waals surface area contributed by atoms with Crippen molar-refractivity contribution in [1.82, 2.24) is 10.3 Å². The Morgan fingerprint density at radius 3 is 3.06 bits per heavy atom. The predicted molar refractivity (Wildman–Crippen MR) is 76.6 cm³/mol. The lowest BCUT2D eigenvalue weighted by atomic mass is 10.1. The molecule has 1 aromatic heterocycles. The second-order valence-electron chi connectivity index (χ2n) is 3.93. The van der Waals surface area contributed by atoms with Gasteiger partial charge in [-0.25, -0.2) is 4.98 Å². The molecule has 0 aliphatic heterocycles. The normalized spacial score (nSPS) is 10.8. The third kappa shape index (κ3) is 3.13. The maximum Gasteiger partial charge on any atom is 0.181 e. The first-order chi connectivity index (χ1) is 8.72. The zero-order chi connectivity index (χ0) is 13.0. The van der Waals surface area contributed by atoms with E-state index in [9.17, 15) is 0 Å². The van der Waals surface area contributed by atoms with Gasteiger partial charge in [0, 0.05) is 16.6 Å². The maximum absolute atomic E-state index is 6.19. The standard InChI is InChI=1S/C13H14BrClN2O/c1-2-5-16-7-12-13(18-8-17-12)10-6-9(14)3-4-11(10)15/h3-4,6,8,16H,2,5,7H2,1H3. The SMILES string of the molecule is CCCNCc1ncoc1-c1cc(Br)ccc1Cl. The van der Waals surface area contributed by atoms with Gasteiger partial charge in [0.2, 0.25) is 0 Å². The molecule has 18 heavy (non-hydrogen) atoms. The van der Waals surface area contributed by atoms with Crippen LogP contribution in [-0.4, -0.2) is 11.5 Å². The Labute approximate surface area is 120 Å². The monoisotopic (exact) mass is 328 g/mol. The van der Waals surface area contributed by atoms with E-state index in [0.717, 1.165) is 34.5 Å². The van der Waals surface area contributed by atoms with Crippen molar-refractivity contribution < 1.29 is 4.42 Å². The number of rotatable bonds is 5. The summed E-state index contributed by atoms with van der Waals surface area (Å²) in [5, 5.41) is 3.96. The number of benzene rings is 1. The minimum atomic E-state index is 0.659. The lowest BCUT2D eigenvalue weighted by Crippen LogP contribution is -2.14. The van der Waals surface area contributed by atoms with Crippen molar-refractivity contribution in [2.24, 2.45) is 0 Å². The third-order valence-corrected chi connectivity index (χ3v) is 3.36. The van der Waals surface area contributed by atoms with E-state index in [0.29, 0.717) is 11.6 Å².